The van der Waals surface area contributed by atoms with Crippen LogP contribution in [0.25, 0.3) is 0 Å². The van der Waals surface area contributed by atoms with Gasteiger partial charge < -0.3 is 9.47 Å². The van der Waals surface area contributed by atoms with Crippen molar-refractivity contribution in [3.63, 3.8) is 0 Å². The molecule has 1 atom stereocenters. The van der Waals surface area contributed by atoms with E-state index >= 15 is 0 Å². The van der Waals surface area contributed by atoms with Crippen LogP contribution < -0.4 is 9.47 Å². The fraction of sp³-hybridized carbons (Fsp3) is 0.385. The van der Waals surface area contributed by atoms with Crippen LogP contribution in [0, 0.1) is 12.3 Å². The van der Waals surface area contributed by atoms with Crippen molar-refractivity contribution in [3.05, 3.63) is 23.8 Å². The lowest BCUT2D eigenvalue weighted by Gasteiger charge is -2.12. The minimum absolute atomic E-state index is 0.342. The van der Waals surface area contributed by atoms with Gasteiger partial charge in [0, 0.05) is 6.42 Å². The first kappa shape index (κ1) is 11.5. The van der Waals surface area contributed by atoms with E-state index in [2.05, 4.69) is 12.8 Å². The Morgan fingerprint density at radius 1 is 1.27 bits per heavy atom. The van der Waals surface area contributed by atoms with Gasteiger partial charge in [0.2, 0.25) is 0 Å². The standard InChI is InChI=1S/C13H16O2/c1-5-6-10(2)11-7-8-12(14-3)13(9-11)15-4/h1,7-10H,6H2,2-4H3. The topological polar surface area (TPSA) is 18.5 Å². The molecule has 0 heterocycles. The summed E-state index contributed by atoms with van der Waals surface area (Å²) < 4.78 is 10.4. The monoisotopic (exact) mass is 204 g/mol. The summed E-state index contributed by atoms with van der Waals surface area (Å²) in [5, 5.41) is 0. The van der Waals surface area contributed by atoms with Gasteiger partial charge in [0.05, 0.1) is 14.2 Å². The minimum atomic E-state index is 0.342. The van der Waals surface area contributed by atoms with E-state index in [9.17, 15) is 0 Å². The molecule has 15 heavy (non-hydrogen) atoms. The molecule has 0 bridgehead atoms. The zero-order valence-electron chi connectivity index (χ0n) is 9.41. The fourth-order valence-corrected chi connectivity index (χ4v) is 1.45. The Bertz CT molecular complexity index is 363. The highest BCUT2D eigenvalue weighted by molar-refractivity contribution is 5.43. The third-order valence-electron chi connectivity index (χ3n) is 2.40. The molecular formula is C13H16O2. The maximum absolute atomic E-state index is 5.29. The molecule has 0 N–H and O–H groups in total. The summed E-state index contributed by atoms with van der Waals surface area (Å²) in [5.74, 6) is 4.50. The van der Waals surface area contributed by atoms with Crippen LogP contribution in [0.1, 0.15) is 24.8 Å². The lowest BCUT2D eigenvalue weighted by Crippen LogP contribution is -1.95. The summed E-state index contributed by atoms with van der Waals surface area (Å²) >= 11 is 0. The molecule has 0 aromatic heterocycles. The quantitative estimate of drug-likeness (QED) is 0.702. The third-order valence-corrected chi connectivity index (χ3v) is 2.40. The summed E-state index contributed by atoms with van der Waals surface area (Å²) in [6.45, 7) is 2.10. The lowest BCUT2D eigenvalue weighted by atomic mass is 9.98. The maximum Gasteiger partial charge on any atom is 0.160 e. The highest BCUT2D eigenvalue weighted by atomic mass is 16.5. The van der Waals surface area contributed by atoms with Crippen molar-refractivity contribution in [3.8, 4) is 23.8 Å². The first-order valence-corrected chi connectivity index (χ1v) is 4.88. The average molecular weight is 204 g/mol. The molecular weight excluding hydrogens is 188 g/mol. The Morgan fingerprint density at radius 2 is 1.93 bits per heavy atom. The van der Waals surface area contributed by atoms with Crippen molar-refractivity contribution in [1.82, 2.24) is 0 Å². The molecule has 1 aromatic rings. The molecule has 0 fully saturated rings. The van der Waals surface area contributed by atoms with Gasteiger partial charge in [-0.1, -0.05) is 13.0 Å². The van der Waals surface area contributed by atoms with Crippen molar-refractivity contribution >= 4 is 0 Å². The zero-order chi connectivity index (χ0) is 11.3. The summed E-state index contributed by atoms with van der Waals surface area (Å²) in [7, 11) is 3.26. The molecule has 0 aliphatic heterocycles. The van der Waals surface area contributed by atoms with E-state index in [0.717, 1.165) is 17.9 Å². The first-order valence-electron chi connectivity index (χ1n) is 4.88. The summed E-state index contributed by atoms with van der Waals surface area (Å²) in [4.78, 5) is 0. The van der Waals surface area contributed by atoms with Crippen LogP contribution >= 0.6 is 0 Å². The number of ether oxygens (including phenoxy) is 2. The zero-order valence-corrected chi connectivity index (χ0v) is 9.41. The van der Waals surface area contributed by atoms with Gasteiger partial charge in [-0.15, -0.1) is 12.3 Å². The Kier molecular flexibility index (Phi) is 4.05. The highest BCUT2D eigenvalue weighted by Gasteiger charge is 2.08. The van der Waals surface area contributed by atoms with E-state index in [-0.39, 0.29) is 0 Å². The van der Waals surface area contributed by atoms with Gasteiger partial charge in [-0.25, -0.2) is 0 Å². The Hall–Kier alpha value is -1.62. The molecule has 0 saturated carbocycles. The third kappa shape index (κ3) is 2.66. The van der Waals surface area contributed by atoms with E-state index in [1.165, 1.54) is 5.56 Å². The van der Waals surface area contributed by atoms with Crippen LogP contribution in [0.3, 0.4) is 0 Å². The summed E-state index contributed by atoms with van der Waals surface area (Å²) in [5.41, 5.74) is 1.17. The van der Waals surface area contributed by atoms with Gasteiger partial charge in [-0.3, -0.25) is 0 Å². The van der Waals surface area contributed by atoms with Gasteiger partial charge in [0.1, 0.15) is 0 Å². The molecule has 0 aliphatic carbocycles. The molecule has 0 amide bonds. The Balaban J connectivity index is 2.98. The predicted octanol–water partition coefficient (Wildman–Crippen LogP) is 2.83. The van der Waals surface area contributed by atoms with Crippen molar-refractivity contribution in [2.75, 3.05) is 14.2 Å². The fourth-order valence-electron chi connectivity index (χ4n) is 1.45. The van der Waals surface area contributed by atoms with Crippen LogP contribution in [0.2, 0.25) is 0 Å². The van der Waals surface area contributed by atoms with Crippen molar-refractivity contribution in [2.45, 2.75) is 19.3 Å². The highest BCUT2D eigenvalue weighted by Crippen LogP contribution is 2.31. The molecule has 1 rings (SSSR count). The van der Waals surface area contributed by atoms with Gasteiger partial charge in [0.25, 0.3) is 0 Å². The van der Waals surface area contributed by atoms with E-state index in [4.69, 9.17) is 15.9 Å². The maximum atomic E-state index is 5.29. The number of hydrogen-bond donors (Lipinski definition) is 0. The van der Waals surface area contributed by atoms with Crippen LogP contribution in [0.15, 0.2) is 18.2 Å². The number of rotatable bonds is 4. The molecule has 80 valence electrons. The van der Waals surface area contributed by atoms with Crippen molar-refractivity contribution in [2.24, 2.45) is 0 Å². The molecule has 0 spiro atoms. The van der Waals surface area contributed by atoms with Crippen LogP contribution in [0.5, 0.6) is 11.5 Å². The summed E-state index contributed by atoms with van der Waals surface area (Å²) in [6, 6.07) is 5.89. The minimum Gasteiger partial charge on any atom is -0.493 e. The van der Waals surface area contributed by atoms with Gasteiger partial charge in [-0.05, 0) is 23.6 Å². The van der Waals surface area contributed by atoms with Crippen LogP contribution in [0.4, 0.5) is 0 Å². The lowest BCUT2D eigenvalue weighted by molar-refractivity contribution is 0.354. The predicted molar refractivity (Wildman–Crippen MR) is 61.4 cm³/mol. The molecule has 2 nitrogen and oxygen atoms in total. The van der Waals surface area contributed by atoms with E-state index < -0.39 is 0 Å². The Labute approximate surface area is 91.2 Å². The average Bonchev–Trinajstić information content (AvgIpc) is 2.28. The van der Waals surface area contributed by atoms with Crippen molar-refractivity contribution in [1.29, 1.82) is 0 Å². The van der Waals surface area contributed by atoms with Gasteiger partial charge >= 0.3 is 0 Å². The molecule has 0 aliphatic rings. The molecule has 1 unspecified atom stereocenters. The molecule has 0 radical (unpaired) electrons. The van der Waals surface area contributed by atoms with E-state index in [1.807, 2.05) is 18.2 Å². The van der Waals surface area contributed by atoms with E-state index in [0.29, 0.717) is 5.92 Å². The number of hydrogen-bond acceptors (Lipinski definition) is 2. The second-order valence-corrected chi connectivity index (χ2v) is 3.42. The SMILES string of the molecule is C#CCC(C)c1ccc(OC)c(OC)c1. The van der Waals surface area contributed by atoms with Crippen LogP contribution in [-0.2, 0) is 0 Å². The first-order chi connectivity index (χ1) is 7.22. The normalized spacial score (nSPS) is 11.6. The largest absolute Gasteiger partial charge is 0.493 e. The number of terminal acetylenes is 1. The second-order valence-electron chi connectivity index (χ2n) is 3.42. The molecule has 0 saturated heterocycles. The van der Waals surface area contributed by atoms with E-state index in [1.54, 1.807) is 14.2 Å². The second kappa shape index (κ2) is 5.31. The number of benzene rings is 1. The van der Waals surface area contributed by atoms with Crippen LogP contribution in [-0.4, -0.2) is 14.2 Å². The van der Waals surface area contributed by atoms with Gasteiger partial charge in [-0.2, -0.15) is 0 Å². The Morgan fingerprint density at radius 3 is 2.47 bits per heavy atom. The van der Waals surface area contributed by atoms with Crippen molar-refractivity contribution < 1.29 is 9.47 Å². The number of methoxy groups -OCH3 is 2. The van der Waals surface area contributed by atoms with Gasteiger partial charge in [0.15, 0.2) is 11.5 Å². The molecule has 2 heteroatoms. The smallest absolute Gasteiger partial charge is 0.160 e. The summed E-state index contributed by atoms with van der Waals surface area (Å²) in [6.07, 6.45) is 6.02. The molecule has 1 aromatic carbocycles.